The minimum atomic E-state index is -0.672. The predicted octanol–water partition coefficient (Wildman–Crippen LogP) is 3.87. The summed E-state index contributed by atoms with van der Waals surface area (Å²) >= 11 is 0. The van der Waals surface area contributed by atoms with Crippen molar-refractivity contribution < 1.29 is 8.78 Å². The molecule has 0 aliphatic carbocycles. The van der Waals surface area contributed by atoms with Crippen LogP contribution in [0.5, 0.6) is 0 Å². The first kappa shape index (κ1) is 15.0. The number of nitrogens with zero attached hydrogens (tertiary/aromatic N) is 2. The molecule has 0 aliphatic rings. The second kappa shape index (κ2) is 6.35. The van der Waals surface area contributed by atoms with E-state index in [9.17, 15) is 8.78 Å². The van der Waals surface area contributed by atoms with Crippen molar-refractivity contribution in [1.82, 2.24) is 0 Å². The predicted molar refractivity (Wildman–Crippen MR) is 83.0 cm³/mol. The highest BCUT2D eigenvalue weighted by Gasteiger charge is 2.03. The van der Waals surface area contributed by atoms with Crippen LogP contribution in [0.3, 0.4) is 0 Å². The average Bonchev–Trinajstić information content (AvgIpc) is 2.46. The molecule has 21 heavy (non-hydrogen) atoms. The lowest BCUT2D eigenvalue weighted by Gasteiger charge is -2.12. The second-order valence-electron chi connectivity index (χ2n) is 4.87. The summed E-state index contributed by atoms with van der Waals surface area (Å²) in [6, 6.07) is 11.2. The molecule has 2 aromatic carbocycles. The molecule has 0 saturated carbocycles. The fourth-order valence-corrected chi connectivity index (χ4v) is 1.79. The van der Waals surface area contributed by atoms with Crippen LogP contribution in [0, 0.1) is 11.6 Å². The molecule has 3 nitrogen and oxygen atoms in total. The number of anilines is 2. The molecule has 1 N–H and O–H groups in total. The summed E-state index contributed by atoms with van der Waals surface area (Å²) < 4.78 is 26.3. The van der Waals surface area contributed by atoms with Gasteiger partial charge in [0.15, 0.2) is 5.82 Å². The summed E-state index contributed by atoms with van der Waals surface area (Å²) in [6.07, 6.45) is 0. The number of halogens is 2. The van der Waals surface area contributed by atoms with Crippen LogP contribution in [-0.2, 0) is 0 Å². The Labute approximate surface area is 122 Å². The van der Waals surface area contributed by atoms with Gasteiger partial charge in [-0.05, 0) is 36.8 Å². The molecule has 0 heterocycles. The third kappa shape index (κ3) is 3.78. The zero-order valence-corrected chi connectivity index (χ0v) is 12.2. The summed E-state index contributed by atoms with van der Waals surface area (Å²) in [6.45, 7) is 1.82. The minimum absolute atomic E-state index is 0.140. The highest BCUT2D eigenvalue weighted by Crippen LogP contribution is 2.16. The molecule has 0 saturated heterocycles. The average molecular weight is 289 g/mol. The fraction of sp³-hybridized carbons (Fsp3) is 0.188. The van der Waals surface area contributed by atoms with Crippen molar-refractivity contribution in [1.29, 1.82) is 0 Å². The smallest absolute Gasteiger partial charge is 0.151 e. The number of hydrogen-bond donors (Lipinski definition) is 1. The Kier molecular flexibility index (Phi) is 4.52. The molecule has 0 unspecified atom stereocenters. The maximum Gasteiger partial charge on any atom is 0.151 e. The van der Waals surface area contributed by atoms with Crippen molar-refractivity contribution in [3.8, 4) is 0 Å². The van der Waals surface area contributed by atoms with Crippen LogP contribution in [-0.4, -0.2) is 19.8 Å². The van der Waals surface area contributed by atoms with Crippen molar-refractivity contribution >= 4 is 17.1 Å². The van der Waals surface area contributed by atoms with Gasteiger partial charge in [0.25, 0.3) is 0 Å². The normalized spacial score (nSPS) is 11.4. The Hall–Kier alpha value is -2.43. The highest BCUT2D eigenvalue weighted by atomic mass is 19.1. The Balaban J connectivity index is 2.13. The quantitative estimate of drug-likeness (QED) is 0.683. The highest BCUT2D eigenvalue weighted by molar-refractivity contribution is 5.99. The molecule has 5 heteroatoms. The third-order valence-corrected chi connectivity index (χ3v) is 3.08. The largest absolute Gasteiger partial charge is 0.378 e. The maximum absolute atomic E-state index is 13.5. The van der Waals surface area contributed by atoms with Gasteiger partial charge in [-0.1, -0.05) is 12.1 Å². The van der Waals surface area contributed by atoms with Crippen LogP contribution in [0.4, 0.5) is 20.2 Å². The maximum atomic E-state index is 13.5. The van der Waals surface area contributed by atoms with Gasteiger partial charge in [0, 0.05) is 25.8 Å². The van der Waals surface area contributed by atoms with Gasteiger partial charge in [-0.25, -0.2) is 8.78 Å². The Morgan fingerprint density at radius 3 is 2.29 bits per heavy atom. The van der Waals surface area contributed by atoms with Crippen molar-refractivity contribution in [2.75, 3.05) is 24.4 Å². The van der Waals surface area contributed by atoms with E-state index in [0.29, 0.717) is 5.71 Å². The van der Waals surface area contributed by atoms with Gasteiger partial charge in [-0.15, -0.1) is 0 Å². The van der Waals surface area contributed by atoms with E-state index in [1.165, 1.54) is 12.1 Å². The van der Waals surface area contributed by atoms with E-state index in [1.54, 1.807) is 0 Å². The summed E-state index contributed by atoms with van der Waals surface area (Å²) in [5.41, 5.74) is 5.48. The van der Waals surface area contributed by atoms with E-state index >= 15 is 0 Å². The van der Waals surface area contributed by atoms with E-state index in [2.05, 4.69) is 10.5 Å². The second-order valence-corrected chi connectivity index (χ2v) is 4.87. The van der Waals surface area contributed by atoms with Gasteiger partial charge in [0.2, 0.25) is 0 Å². The molecule has 0 fully saturated rings. The first-order valence-electron chi connectivity index (χ1n) is 6.50. The number of rotatable bonds is 4. The van der Waals surface area contributed by atoms with Gasteiger partial charge in [-0.3, -0.25) is 5.43 Å². The van der Waals surface area contributed by atoms with Crippen LogP contribution in [0.15, 0.2) is 47.6 Å². The fourth-order valence-electron chi connectivity index (χ4n) is 1.79. The molecule has 2 aromatic rings. The van der Waals surface area contributed by atoms with Crippen molar-refractivity contribution in [3.05, 3.63) is 59.7 Å². The zero-order valence-electron chi connectivity index (χ0n) is 12.2. The van der Waals surface area contributed by atoms with Crippen LogP contribution >= 0.6 is 0 Å². The lowest BCUT2D eigenvalue weighted by Crippen LogP contribution is -2.08. The summed E-state index contributed by atoms with van der Waals surface area (Å²) in [5, 5.41) is 4.12. The number of hydrazone groups is 1. The van der Waals surface area contributed by atoms with Crippen molar-refractivity contribution in [2.45, 2.75) is 6.92 Å². The van der Waals surface area contributed by atoms with Crippen LogP contribution in [0.25, 0.3) is 0 Å². The van der Waals surface area contributed by atoms with Gasteiger partial charge >= 0.3 is 0 Å². The van der Waals surface area contributed by atoms with E-state index in [0.717, 1.165) is 17.3 Å². The minimum Gasteiger partial charge on any atom is -0.378 e. The van der Waals surface area contributed by atoms with Crippen molar-refractivity contribution in [3.63, 3.8) is 0 Å². The van der Waals surface area contributed by atoms with E-state index in [-0.39, 0.29) is 5.69 Å². The van der Waals surface area contributed by atoms with Crippen molar-refractivity contribution in [2.24, 2.45) is 5.10 Å². The standard InChI is InChI=1S/C16H17F2N3/c1-11(12-4-7-14(8-5-12)21(2)3)19-20-16-9-6-13(17)10-15(16)18/h4-10,20H,1-3H3/b19-11-. The molecular weight excluding hydrogens is 272 g/mol. The van der Waals surface area contributed by atoms with Crippen LogP contribution in [0.1, 0.15) is 12.5 Å². The van der Waals surface area contributed by atoms with Crippen LogP contribution in [0.2, 0.25) is 0 Å². The van der Waals surface area contributed by atoms with Crippen LogP contribution < -0.4 is 10.3 Å². The number of hydrogen-bond acceptors (Lipinski definition) is 3. The lowest BCUT2D eigenvalue weighted by molar-refractivity contribution is 0.585. The molecular formula is C16H17F2N3. The Morgan fingerprint density at radius 2 is 1.71 bits per heavy atom. The summed E-state index contributed by atoms with van der Waals surface area (Å²) in [4.78, 5) is 2.00. The molecule has 0 radical (unpaired) electrons. The molecule has 0 aliphatic heterocycles. The third-order valence-electron chi connectivity index (χ3n) is 3.08. The Bertz CT molecular complexity index is 649. The molecule has 2 rings (SSSR count). The molecule has 110 valence electrons. The SMILES string of the molecule is C/C(=N/Nc1ccc(F)cc1F)c1ccc(N(C)C)cc1. The van der Waals surface area contributed by atoms with E-state index in [1.807, 2.05) is 50.2 Å². The molecule has 0 aromatic heterocycles. The topological polar surface area (TPSA) is 27.6 Å². The molecule has 0 bridgehead atoms. The Morgan fingerprint density at radius 1 is 1.05 bits per heavy atom. The number of nitrogens with one attached hydrogen (secondary N) is 1. The summed E-state index contributed by atoms with van der Waals surface area (Å²) in [5.74, 6) is -1.28. The monoisotopic (exact) mass is 289 g/mol. The van der Waals surface area contributed by atoms with E-state index in [4.69, 9.17) is 0 Å². The van der Waals surface area contributed by atoms with Gasteiger partial charge in [0.1, 0.15) is 5.82 Å². The lowest BCUT2D eigenvalue weighted by atomic mass is 10.1. The zero-order chi connectivity index (χ0) is 15.4. The summed E-state index contributed by atoms with van der Waals surface area (Å²) in [7, 11) is 3.93. The number of benzene rings is 2. The first-order chi connectivity index (χ1) is 9.97. The first-order valence-corrected chi connectivity index (χ1v) is 6.50. The van der Waals surface area contributed by atoms with E-state index < -0.39 is 11.6 Å². The molecule has 0 atom stereocenters. The molecule has 0 spiro atoms. The molecule has 0 amide bonds. The van der Waals surface area contributed by atoms with Gasteiger partial charge in [0.05, 0.1) is 11.4 Å². The van der Waals surface area contributed by atoms with Gasteiger partial charge < -0.3 is 4.90 Å². The van der Waals surface area contributed by atoms with Gasteiger partial charge in [-0.2, -0.15) is 5.10 Å².